The molecule has 2 rings (SSSR count). The zero-order valence-electron chi connectivity index (χ0n) is 13.5. The van der Waals surface area contributed by atoms with Crippen LogP contribution in [0.15, 0.2) is 35.2 Å². The minimum Gasteiger partial charge on any atom is -0.354 e. The number of hydrogen-bond donors (Lipinski definition) is 2. The SMILES string of the molecule is CCN1CCCC1CNC(=O)CCNS(=O)(=O)c1ccccc1. The fourth-order valence-corrected chi connectivity index (χ4v) is 3.90. The number of sulfonamides is 1. The molecular formula is C16H25N3O3S. The number of likely N-dealkylation sites (tertiary alicyclic amines) is 1. The van der Waals surface area contributed by atoms with Gasteiger partial charge in [-0.15, -0.1) is 0 Å². The fourth-order valence-electron chi connectivity index (χ4n) is 2.84. The molecule has 1 aliphatic rings. The summed E-state index contributed by atoms with van der Waals surface area (Å²) in [5.41, 5.74) is 0. The lowest BCUT2D eigenvalue weighted by atomic mass is 10.2. The molecule has 2 N–H and O–H groups in total. The molecule has 0 aromatic heterocycles. The lowest BCUT2D eigenvalue weighted by molar-refractivity contribution is -0.121. The quantitative estimate of drug-likeness (QED) is 0.739. The maximum Gasteiger partial charge on any atom is 0.240 e. The van der Waals surface area contributed by atoms with Crippen LogP contribution in [0, 0.1) is 0 Å². The molecule has 1 heterocycles. The number of amides is 1. The number of likely N-dealkylation sites (N-methyl/N-ethyl adjacent to an activating group) is 1. The second-order valence-electron chi connectivity index (χ2n) is 5.69. The molecule has 0 aliphatic carbocycles. The van der Waals surface area contributed by atoms with Crippen LogP contribution in [0.2, 0.25) is 0 Å². The number of hydrogen-bond acceptors (Lipinski definition) is 4. The third-order valence-electron chi connectivity index (χ3n) is 4.14. The number of rotatable bonds is 8. The first-order valence-electron chi connectivity index (χ1n) is 8.08. The van der Waals surface area contributed by atoms with Gasteiger partial charge in [-0.25, -0.2) is 13.1 Å². The summed E-state index contributed by atoms with van der Waals surface area (Å²) in [7, 11) is -3.54. The largest absolute Gasteiger partial charge is 0.354 e. The Labute approximate surface area is 138 Å². The van der Waals surface area contributed by atoms with Crippen molar-refractivity contribution in [3.63, 3.8) is 0 Å². The Morgan fingerprint density at radius 1 is 1.30 bits per heavy atom. The molecule has 1 atom stereocenters. The van der Waals surface area contributed by atoms with Gasteiger partial charge in [0.25, 0.3) is 0 Å². The lowest BCUT2D eigenvalue weighted by Crippen LogP contribution is -2.40. The van der Waals surface area contributed by atoms with Crippen LogP contribution in [0.3, 0.4) is 0 Å². The summed E-state index contributed by atoms with van der Waals surface area (Å²) < 4.78 is 26.5. The molecule has 7 heteroatoms. The van der Waals surface area contributed by atoms with Crippen molar-refractivity contribution in [2.75, 3.05) is 26.2 Å². The number of carbonyl (C=O) groups excluding carboxylic acids is 1. The van der Waals surface area contributed by atoms with Gasteiger partial charge in [0.15, 0.2) is 0 Å². The van der Waals surface area contributed by atoms with Crippen molar-refractivity contribution in [2.24, 2.45) is 0 Å². The van der Waals surface area contributed by atoms with E-state index in [1.54, 1.807) is 18.2 Å². The predicted molar refractivity (Wildman–Crippen MR) is 89.5 cm³/mol. The summed E-state index contributed by atoms with van der Waals surface area (Å²) in [6.45, 7) is 4.95. The van der Waals surface area contributed by atoms with E-state index < -0.39 is 10.0 Å². The number of carbonyl (C=O) groups is 1. The average molecular weight is 339 g/mol. The van der Waals surface area contributed by atoms with Crippen LogP contribution in [0.5, 0.6) is 0 Å². The van der Waals surface area contributed by atoms with E-state index >= 15 is 0 Å². The topological polar surface area (TPSA) is 78.5 Å². The van der Waals surface area contributed by atoms with Gasteiger partial charge in [0, 0.05) is 25.6 Å². The summed E-state index contributed by atoms with van der Waals surface area (Å²) in [5.74, 6) is -0.122. The highest BCUT2D eigenvalue weighted by atomic mass is 32.2. The maximum atomic E-state index is 12.0. The molecule has 128 valence electrons. The summed E-state index contributed by atoms with van der Waals surface area (Å²) >= 11 is 0. The van der Waals surface area contributed by atoms with Crippen LogP contribution in [0.4, 0.5) is 0 Å². The zero-order valence-corrected chi connectivity index (χ0v) is 14.3. The number of nitrogens with one attached hydrogen (secondary N) is 2. The second-order valence-corrected chi connectivity index (χ2v) is 7.46. The van der Waals surface area contributed by atoms with Gasteiger partial charge < -0.3 is 5.32 Å². The van der Waals surface area contributed by atoms with Gasteiger partial charge in [-0.1, -0.05) is 25.1 Å². The van der Waals surface area contributed by atoms with E-state index in [9.17, 15) is 13.2 Å². The number of benzene rings is 1. The van der Waals surface area contributed by atoms with E-state index in [0.717, 1.165) is 19.5 Å². The highest BCUT2D eigenvalue weighted by molar-refractivity contribution is 7.89. The fraction of sp³-hybridized carbons (Fsp3) is 0.562. The van der Waals surface area contributed by atoms with Crippen molar-refractivity contribution >= 4 is 15.9 Å². The summed E-state index contributed by atoms with van der Waals surface area (Å²) in [5, 5.41) is 2.90. The van der Waals surface area contributed by atoms with E-state index in [4.69, 9.17) is 0 Å². The predicted octanol–water partition coefficient (Wildman–Crippen LogP) is 0.956. The maximum absolute atomic E-state index is 12.0. The van der Waals surface area contributed by atoms with Crippen molar-refractivity contribution in [3.8, 4) is 0 Å². The van der Waals surface area contributed by atoms with Gasteiger partial charge in [-0.3, -0.25) is 9.69 Å². The normalized spacial score (nSPS) is 18.9. The first-order chi connectivity index (χ1) is 11.0. The van der Waals surface area contributed by atoms with E-state index in [0.29, 0.717) is 12.6 Å². The van der Waals surface area contributed by atoms with Crippen molar-refractivity contribution in [2.45, 2.75) is 37.1 Å². The first-order valence-corrected chi connectivity index (χ1v) is 9.56. The Bertz CT molecular complexity index is 604. The average Bonchev–Trinajstić information content (AvgIpc) is 3.01. The highest BCUT2D eigenvalue weighted by Crippen LogP contribution is 2.15. The van der Waals surface area contributed by atoms with Gasteiger partial charge >= 0.3 is 0 Å². The van der Waals surface area contributed by atoms with Crippen molar-refractivity contribution < 1.29 is 13.2 Å². The first kappa shape index (κ1) is 17.9. The molecule has 1 aliphatic heterocycles. The van der Waals surface area contributed by atoms with E-state index in [1.807, 2.05) is 0 Å². The van der Waals surface area contributed by atoms with Crippen LogP contribution in [0.25, 0.3) is 0 Å². The van der Waals surface area contributed by atoms with Crippen LogP contribution in [-0.2, 0) is 14.8 Å². The Morgan fingerprint density at radius 2 is 2.04 bits per heavy atom. The minimum absolute atomic E-state index is 0.102. The Morgan fingerprint density at radius 3 is 2.74 bits per heavy atom. The molecule has 0 saturated carbocycles. The molecule has 1 aromatic carbocycles. The Balaban J connectivity index is 1.71. The van der Waals surface area contributed by atoms with Crippen LogP contribution < -0.4 is 10.0 Å². The molecule has 1 amide bonds. The summed E-state index contributed by atoms with van der Waals surface area (Å²) in [6, 6.07) is 8.56. The van der Waals surface area contributed by atoms with Crippen LogP contribution in [-0.4, -0.2) is 51.4 Å². The van der Waals surface area contributed by atoms with Crippen molar-refractivity contribution in [1.82, 2.24) is 14.9 Å². The van der Waals surface area contributed by atoms with Crippen LogP contribution >= 0.6 is 0 Å². The van der Waals surface area contributed by atoms with Gasteiger partial charge in [0.05, 0.1) is 4.90 Å². The Hall–Kier alpha value is -1.44. The molecule has 6 nitrogen and oxygen atoms in total. The minimum atomic E-state index is -3.54. The highest BCUT2D eigenvalue weighted by Gasteiger charge is 2.23. The molecule has 1 saturated heterocycles. The second kappa shape index (κ2) is 8.42. The van der Waals surface area contributed by atoms with Gasteiger partial charge in [0.1, 0.15) is 0 Å². The third kappa shape index (κ3) is 5.30. The molecule has 0 bridgehead atoms. The third-order valence-corrected chi connectivity index (χ3v) is 5.61. The van der Waals surface area contributed by atoms with Crippen molar-refractivity contribution in [3.05, 3.63) is 30.3 Å². The molecule has 1 fully saturated rings. The summed E-state index contributed by atoms with van der Waals surface area (Å²) in [4.78, 5) is 14.4. The lowest BCUT2D eigenvalue weighted by Gasteiger charge is -2.22. The molecule has 1 aromatic rings. The van der Waals surface area contributed by atoms with Crippen LogP contribution in [0.1, 0.15) is 26.2 Å². The van der Waals surface area contributed by atoms with E-state index in [2.05, 4.69) is 21.9 Å². The molecule has 23 heavy (non-hydrogen) atoms. The molecule has 0 radical (unpaired) electrons. The van der Waals surface area contributed by atoms with Crippen molar-refractivity contribution in [1.29, 1.82) is 0 Å². The standard InChI is InChI=1S/C16H25N3O3S/c1-2-19-12-6-7-14(19)13-17-16(20)10-11-18-23(21,22)15-8-4-3-5-9-15/h3-5,8-9,14,18H,2,6-7,10-13H2,1H3,(H,17,20). The summed E-state index contributed by atoms with van der Waals surface area (Å²) in [6.07, 6.45) is 2.42. The Kier molecular flexibility index (Phi) is 6.56. The zero-order chi connectivity index (χ0) is 16.7. The van der Waals surface area contributed by atoms with E-state index in [-0.39, 0.29) is 23.8 Å². The smallest absolute Gasteiger partial charge is 0.240 e. The van der Waals surface area contributed by atoms with E-state index in [1.165, 1.54) is 18.6 Å². The number of nitrogens with zero attached hydrogens (tertiary/aromatic N) is 1. The van der Waals surface area contributed by atoms with Gasteiger partial charge in [-0.2, -0.15) is 0 Å². The molecule has 1 unspecified atom stereocenters. The monoisotopic (exact) mass is 339 g/mol. The van der Waals surface area contributed by atoms with Gasteiger partial charge in [-0.05, 0) is 38.1 Å². The van der Waals surface area contributed by atoms with Gasteiger partial charge in [0.2, 0.25) is 15.9 Å². The molecular weight excluding hydrogens is 314 g/mol. The molecule has 0 spiro atoms.